The number of benzene rings is 1. The Labute approximate surface area is 129 Å². The second-order valence-corrected chi connectivity index (χ2v) is 7.03. The summed E-state index contributed by atoms with van der Waals surface area (Å²) in [5, 5.41) is 3.00. The number of halogens is 1. The predicted molar refractivity (Wildman–Crippen MR) is 86.8 cm³/mol. The average Bonchev–Trinajstić information content (AvgIpc) is 2.35. The first-order valence-corrected chi connectivity index (χ1v) is 7.98. The quantitative estimate of drug-likeness (QED) is 0.858. The van der Waals surface area contributed by atoms with Crippen LogP contribution in [-0.4, -0.2) is 11.4 Å². The molecule has 2 rings (SSSR count). The molecule has 0 heterocycles. The molecule has 3 N–H and O–H groups in total. The van der Waals surface area contributed by atoms with Gasteiger partial charge in [-0.15, -0.1) is 0 Å². The summed E-state index contributed by atoms with van der Waals surface area (Å²) in [4.78, 5) is 12.5. The van der Waals surface area contributed by atoms with Gasteiger partial charge in [-0.05, 0) is 55.9 Å². The predicted octanol–water partition coefficient (Wildman–Crippen LogP) is 3.91. The zero-order chi connectivity index (χ0) is 14.9. The van der Waals surface area contributed by atoms with Crippen molar-refractivity contribution in [3.63, 3.8) is 0 Å². The van der Waals surface area contributed by atoms with E-state index in [0.717, 1.165) is 40.5 Å². The number of carbonyl (C=O) groups excluding carboxylic acids is 1. The van der Waals surface area contributed by atoms with E-state index in [0.29, 0.717) is 5.92 Å². The first kappa shape index (κ1) is 15.5. The minimum absolute atomic E-state index is 0.0508. The minimum Gasteiger partial charge on any atom is -0.324 e. The number of nitrogens with two attached hydrogens (primary N) is 1. The fraction of sp³-hybridized carbons (Fsp3) is 0.562. The Hall–Kier alpha value is -0.870. The third kappa shape index (κ3) is 3.23. The van der Waals surface area contributed by atoms with Crippen molar-refractivity contribution in [2.24, 2.45) is 11.7 Å². The molecular formula is C16H23BrN2O. The van der Waals surface area contributed by atoms with Crippen LogP contribution in [0.5, 0.6) is 0 Å². The van der Waals surface area contributed by atoms with E-state index in [4.69, 9.17) is 5.73 Å². The standard InChI is InChI=1S/C16H23BrN2O/c1-10-5-4-6-16(18,9-10)15(20)19-13-7-11(2)14(17)12(3)8-13/h7-8,10H,4-6,9,18H2,1-3H3,(H,19,20). The van der Waals surface area contributed by atoms with Crippen LogP contribution in [0.1, 0.15) is 43.7 Å². The molecule has 0 bridgehead atoms. The summed E-state index contributed by atoms with van der Waals surface area (Å²) in [6.07, 6.45) is 3.75. The number of nitrogens with one attached hydrogen (secondary N) is 1. The molecule has 1 aromatic rings. The van der Waals surface area contributed by atoms with E-state index >= 15 is 0 Å². The lowest BCUT2D eigenvalue weighted by atomic mass is 9.76. The fourth-order valence-corrected chi connectivity index (χ4v) is 3.30. The molecule has 1 saturated carbocycles. The van der Waals surface area contributed by atoms with Gasteiger partial charge in [-0.2, -0.15) is 0 Å². The van der Waals surface area contributed by atoms with Crippen LogP contribution in [0.3, 0.4) is 0 Å². The molecule has 1 aliphatic carbocycles. The summed E-state index contributed by atoms with van der Waals surface area (Å²) in [6, 6.07) is 3.95. The normalized spacial score (nSPS) is 26.4. The van der Waals surface area contributed by atoms with Gasteiger partial charge in [0, 0.05) is 10.2 Å². The third-order valence-electron chi connectivity index (χ3n) is 4.18. The number of rotatable bonds is 2. The molecule has 4 heteroatoms. The summed E-state index contributed by atoms with van der Waals surface area (Å²) < 4.78 is 1.09. The molecule has 1 amide bonds. The molecule has 0 aliphatic heterocycles. The number of carbonyl (C=O) groups is 1. The summed E-state index contributed by atoms with van der Waals surface area (Å²) in [5.41, 5.74) is 8.67. The van der Waals surface area contributed by atoms with Gasteiger partial charge < -0.3 is 11.1 Å². The van der Waals surface area contributed by atoms with Crippen LogP contribution in [0, 0.1) is 19.8 Å². The second kappa shape index (κ2) is 5.86. The highest BCUT2D eigenvalue weighted by Crippen LogP contribution is 2.32. The van der Waals surface area contributed by atoms with E-state index in [1.807, 2.05) is 26.0 Å². The molecule has 0 radical (unpaired) electrons. The van der Waals surface area contributed by atoms with Gasteiger partial charge in [0.05, 0.1) is 5.54 Å². The van der Waals surface area contributed by atoms with Crippen molar-refractivity contribution in [3.05, 3.63) is 27.7 Å². The smallest absolute Gasteiger partial charge is 0.244 e. The number of anilines is 1. The Balaban J connectivity index is 2.15. The van der Waals surface area contributed by atoms with Crippen molar-refractivity contribution >= 4 is 27.5 Å². The summed E-state index contributed by atoms with van der Waals surface area (Å²) in [5.74, 6) is 0.470. The highest BCUT2D eigenvalue weighted by atomic mass is 79.9. The molecule has 1 aliphatic rings. The lowest BCUT2D eigenvalue weighted by Gasteiger charge is -2.35. The molecular weight excluding hydrogens is 316 g/mol. The molecule has 110 valence electrons. The minimum atomic E-state index is -0.716. The monoisotopic (exact) mass is 338 g/mol. The van der Waals surface area contributed by atoms with Gasteiger partial charge in [0.1, 0.15) is 0 Å². The van der Waals surface area contributed by atoms with E-state index in [9.17, 15) is 4.79 Å². The van der Waals surface area contributed by atoms with Gasteiger partial charge in [-0.1, -0.05) is 35.7 Å². The summed E-state index contributed by atoms with van der Waals surface area (Å²) in [7, 11) is 0. The number of hydrogen-bond donors (Lipinski definition) is 2. The molecule has 1 aromatic carbocycles. The number of aryl methyl sites for hydroxylation is 2. The fourth-order valence-electron chi connectivity index (χ4n) is 3.07. The maximum atomic E-state index is 12.5. The second-order valence-electron chi connectivity index (χ2n) is 6.24. The van der Waals surface area contributed by atoms with Crippen LogP contribution in [0.15, 0.2) is 16.6 Å². The largest absolute Gasteiger partial charge is 0.324 e. The highest BCUT2D eigenvalue weighted by molar-refractivity contribution is 9.10. The molecule has 3 nitrogen and oxygen atoms in total. The van der Waals surface area contributed by atoms with Crippen LogP contribution in [0.25, 0.3) is 0 Å². The summed E-state index contributed by atoms with van der Waals surface area (Å²) in [6.45, 7) is 6.21. The van der Waals surface area contributed by atoms with E-state index in [-0.39, 0.29) is 5.91 Å². The molecule has 20 heavy (non-hydrogen) atoms. The van der Waals surface area contributed by atoms with E-state index < -0.39 is 5.54 Å². The zero-order valence-corrected chi connectivity index (χ0v) is 14.0. The molecule has 2 atom stereocenters. The molecule has 0 saturated heterocycles. The van der Waals surface area contributed by atoms with Crippen molar-refractivity contribution in [1.82, 2.24) is 0 Å². The van der Waals surface area contributed by atoms with Crippen molar-refractivity contribution in [3.8, 4) is 0 Å². The highest BCUT2D eigenvalue weighted by Gasteiger charge is 2.37. The van der Waals surface area contributed by atoms with Gasteiger partial charge in [0.15, 0.2) is 0 Å². The van der Waals surface area contributed by atoms with E-state index in [1.165, 1.54) is 6.42 Å². The zero-order valence-electron chi connectivity index (χ0n) is 12.4. The Kier molecular flexibility index (Phi) is 4.55. The van der Waals surface area contributed by atoms with Crippen LogP contribution < -0.4 is 11.1 Å². The van der Waals surface area contributed by atoms with Crippen molar-refractivity contribution in [1.29, 1.82) is 0 Å². The topological polar surface area (TPSA) is 55.1 Å². The van der Waals surface area contributed by atoms with Crippen LogP contribution >= 0.6 is 15.9 Å². The molecule has 0 aromatic heterocycles. The maximum absolute atomic E-state index is 12.5. The molecule has 2 unspecified atom stereocenters. The Bertz CT molecular complexity index is 506. The lowest BCUT2D eigenvalue weighted by molar-refractivity contribution is -0.122. The van der Waals surface area contributed by atoms with Crippen LogP contribution in [0.4, 0.5) is 5.69 Å². The first-order valence-electron chi connectivity index (χ1n) is 7.19. The van der Waals surface area contributed by atoms with E-state index in [1.54, 1.807) is 0 Å². The lowest BCUT2D eigenvalue weighted by Crippen LogP contribution is -2.53. The Morgan fingerprint density at radius 3 is 2.55 bits per heavy atom. The summed E-state index contributed by atoms with van der Waals surface area (Å²) >= 11 is 3.54. The third-order valence-corrected chi connectivity index (χ3v) is 5.43. The first-order chi connectivity index (χ1) is 9.32. The average molecular weight is 339 g/mol. The Morgan fingerprint density at radius 2 is 2.00 bits per heavy atom. The number of amides is 1. The molecule has 1 fully saturated rings. The Morgan fingerprint density at radius 1 is 1.40 bits per heavy atom. The van der Waals surface area contributed by atoms with E-state index in [2.05, 4.69) is 28.2 Å². The van der Waals surface area contributed by atoms with Gasteiger partial charge in [0.25, 0.3) is 0 Å². The SMILES string of the molecule is Cc1cc(NC(=O)C2(N)CCCC(C)C2)cc(C)c1Br. The maximum Gasteiger partial charge on any atom is 0.244 e. The van der Waals surface area contributed by atoms with Crippen LogP contribution in [-0.2, 0) is 4.79 Å². The molecule has 0 spiro atoms. The van der Waals surface area contributed by atoms with Crippen molar-refractivity contribution < 1.29 is 4.79 Å². The van der Waals surface area contributed by atoms with Crippen LogP contribution in [0.2, 0.25) is 0 Å². The number of hydrogen-bond acceptors (Lipinski definition) is 2. The van der Waals surface area contributed by atoms with Crippen molar-refractivity contribution in [2.75, 3.05) is 5.32 Å². The van der Waals surface area contributed by atoms with Gasteiger partial charge >= 0.3 is 0 Å². The van der Waals surface area contributed by atoms with Crippen molar-refractivity contribution in [2.45, 2.75) is 52.0 Å². The van der Waals surface area contributed by atoms with Gasteiger partial charge in [0.2, 0.25) is 5.91 Å². The van der Waals surface area contributed by atoms with Gasteiger partial charge in [-0.25, -0.2) is 0 Å². The van der Waals surface area contributed by atoms with Gasteiger partial charge in [-0.3, -0.25) is 4.79 Å².